The molecule has 5 heterocycles. The van der Waals surface area contributed by atoms with Crippen molar-refractivity contribution in [1.29, 1.82) is 0 Å². The Bertz CT molecular complexity index is 1530. The van der Waals surface area contributed by atoms with Crippen LogP contribution in [0.15, 0.2) is 35.9 Å². The first-order valence-electron chi connectivity index (χ1n) is 11.9. The predicted octanol–water partition coefficient (Wildman–Crippen LogP) is 6.30. The number of anilines is 3. The highest BCUT2D eigenvalue weighted by atomic mass is 32.1. The van der Waals surface area contributed by atoms with E-state index in [0.29, 0.717) is 0 Å². The fourth-order valence-electron chi connectivity index (χ4n) is 5.71. The maximum Gasteiger partial charge on any atom is 0.333 e. The van der Waals surface area contributed by atoms with E-state index in [4.69, 9.17) is 0 Å². The van der Waals surface area contributed by atoms with E-state index >= 15 is 0 Å². The van der Waals surface area contributed by atoms with Gasteiger partial charge in [0.15, 0.2) is 0 Å². The van der Waals surface area contributed by atoms with Gasteiger partial charge in [-0.15, -0.1) is 22.7 Å². The Morgan fingerprint density at radius 3 is 2.08 bits per heavy atom. The van der Waals surface area contributed by atoms with Crippen molar-refractivity contribution in [1.82, 2.24) is 9.80 Å². The molecule has 3 aliphatic rings. The second-order valence-electron chi connectivity index (χ2n) is 10.8. The number of benzene rings is 1. The summed E-state index contributed by atoms with van der Waals surface area (Å²) in [4.78, 5) is 45.6. The lowest BCUT2D eigenvalue weighted by Crippen LogP contribution is -2.52. The molecule has 4 amide bonds. The van der Waals surface area contributed by atoms with Crippen LogP contribution >= 0.6 is 22.7 Å². The molecule has 36 heavy (non-hydrogen) atoms. The minimum atomic E-state index is -0.618. The smallest absolute Gasteiger partial charge is 0.300 e. The van der Waals surface area contributed by atoms with Gasteiger partial charge in [0.2, 0.25) is 0 Å². The Labute approximate surface area is 218 Å². The van der Waals surface area contributed by atoms with Gasteiger partial charge in [-0.25, -0.2) is 4.79 Å². The zero-order valence-corrected chi connectivity index (χ0v) is 23.0. The van der Waals surface area contributed by atoms with Gasteiger partial charge in [0.25, 0.3) is 11.8 Å². The van der Waals surface area contributed by atoms with Crippen LogP contribution < -0.4 is 4.90 Å². The molecule has 3 aromatic rings. The highest BCUT2D eigenvalue weighted by molar-refractivity contribution is 7.17. The average molecular weight is 518 g/mol. The number of urea groups is 1. The summed E-state index contributed by atoms with van der Waals surface area (Å²) in [6.45, 7) is 11.2. The Hall–Kier alpha value is -3.23. The van der Waals surface area contributed by atoms with Crippen LogP contribution in [-0.2, 0) is 20.4 Å². The standard InChI is InChI=1S/C28H27N3O3S2/c1-14-11-20-22(35-14)28(4,5)18-10-8-9-17-21(18)31(20)25-19(27(17,2)3)13-15(36-25)12-16-23(32)29(6)26(34)30(7)24(16)33/h8-13H,1-7H3. The number of fused-ring (bicyclic) bond motifs is 4. The SMILES string of the molecule is Cc1cc2c(s1)C(C)(C)c1cccc3c1N2c1sc(C=C2C(=O)N(C)C(=O)N(C)C2=O)cc1C3(C)C. The van der Waals surface area contributed by atoms with E-state index in [-0.39, 0.29) is 16.4 Å². The van der Waals surface area contributed by atoms with Gasteiger partial charge in [-0.2, -0.15) is 0 Å². The molecule has 0 radical (unpaired) electrons. The molecule has 0 spiro atoms. The van der Waals surface area contributed by atoms with Crippen LogP contribution in [-0.4, -0.2) is 41.7 Å². The van der Waals surface area contributed by atoms with Gasteiger partial charge < -0.3 is 0 Å². The zero-order chi connectivity index (χ0) is 25.9. The number of rotatable bonds is 1. The van der Waals surface area contributed by atoms with Crippen LogP contribution in [0.2, 0.25) is 0 Å². The Morgan fingerprint density at radius 2 is 1.44 bits per heavy atom. The summed E-state index contributed by atoms with van der Waals surface area (Å²) in [5.41, 5.74) is 5.79. The van der Waals surface area contributed by atoms with E-state index in [2.05, 4.69) is 69.9 Å². The molecule has 8 heteroatoms. The topological polar surface area (TPSA) is 60.9 Å². The second-order valence-corrected chi connectivity index (χ2v) is 13.1. The Morgan fingerprint density at radius 1 is 0.833 bits per heavy atom. The maximum absolute atomic E-state index is 12.8. The van der Waals surface area contributed by atoms with Crippen molar-refractivity contribution < 1.29 is 14.4 Å². The van der Waals surface area contributed by atoms with Crippen molar-refractivity contribution in [3.63, 3.8) is 0 Å². The van der Waals surface area contributed by atoms with E-state index in [1.807, 2.05) is 11.3 Å². The van der Waals surface area contributed by atoms with Gasteiger partial charge in [0, 0.05) is 39.6 Å². The molecule has 0 atom stereocenters. The third-order valence-electron chi connectivity index (χ3n) is 7.79. The number of hydrogen-bond acceptors (Lipinski definition) is 6. The number of likely N-dealkylation sites (N-methyl/N-ethyl adjacent to an activating group) is 2. The Balaban J connectivity index is 1.59. The molecule has 0 saturated carbocycles. The number of imide groups is 2. The number of aryl methyl sites for hydroxylation is 1. The number of carbonyl (C=O) groups is 3. The number of thiophene rings is 2. The number of carbonyl (C=O) groups excluding carboxylic acids is 3. The van der Waals surface area contributed by atoms with E-state index < -0.39 is 17.8 Å². The van der Waals surface area contributed by atoms with Gasteiger partial charge in [0.1, 0.15) is 10.6 Å². The van der Waals surface area contributed by atoms with Crippen LogP contribution in [0, 0.1) is 6.92 Å². The average Bonchev–Trinajstić information content (AvgIpc) is 3.44. The molecular formula is C28H27N3O3S2. The van der Waals surface area contributed by atoms with Gasteiger partial charge >= 0.3 is 6.03 Å². The van der Waals surface area contributed by atoms with Crippen molar-refractivity contribution in [2.75, 3.05) is 19.0 Å². The van der Waals surface area contributed by atoms with Crippen molar-refractivity contribution in [3.05, 3.63) is 67.2 Å². The molecular weight excluding hydrogens is 490 g/mol. The fraction of sp³-hybridized carbons (Fsp3) is 0.321. The number of para-hydroxylation sites is 1. The van der Waals surface area contributed by atoms with Crippen LogP contribution in [0.5, 0.6) is 0 Å². The van der Waals surface area contributed by atoms with Gasteiger partial charge in [-0.1, -0.05) is 45.9 Å². The predicted molar refractivity (Wildman–Crippen MR) is 145 cm³/mol. The van der Waals surface area contributed by atoms with Crippen LogP contribution in [0.3, 0.4) is 0 Å². The third kappa shape index (κ3) is 2.80. The summed E-state index contributed by atoms with van der Waals surface area (Å²) in [7, 11) is 2.80. The number of amides is 4. The molecule has 3 aliphatic heterocycles. The molecule has 0 N–H and O–H groups in total. The van der Waals surface area contributed by atoms with Crippen molar-refractivity contribution >= 4 is 63.0 Å². The molecule has 184 valence electrons. The van der Waals surface area contributed by atoms with Crippen molar-refractivity contribution in [2.24, 2.45) is 0 Å². The first-order chi connectivity index (χ1) is 16.9. The summed E-state index contributed by atoms with van der Waals surface area (Å²) in [5, 5.41) is 1.11. The first-order valence-corrected chi connectivity index (χ1v) is 13.5. The maximum atomic E-state index is 12.8. The van der Waals surface area contributed by atoms with Gasteiger partial charge in [-0.05, 0) is 41.8 Å². The summed E-state index contributed by atoms with van der Waals surface area (Å²) < 4.78 is 0. The molecule has 2 aromatic heterocycles. The van der Waals surface area contributed by atoms with E-state index in [1.54, 1.807) is 17.4 Å². The highest BCUT2D eigenvalue weighted by Crippen LogP contribution is 2.63. The normalized spacial score (nSPS) is 19.4. The van der Waals surface area contributed by atoms with Crippen molar-refractivity contribution in [2.45, 2.75) is 45.4 Å². The van der Waals surface area contributed by atoms with Crippen molar-refractivity contribution in [3.8, 4) is 0 Å². The second kappa shape index (κ2) is 7.17. The van der Waals surface area contributed by atoms with Gasteiger partial charge in [0.05, 0.1) is 11.4 Å². The van der Waals surface area contributed by atoms with E-state index in [9.17, 15) is 14.4 Å². The van der Waals surface area contributed by atoms with E-state index in [0.717, 1.165) is 25.2 Å². The zero-order valence-electron chi connectivity index (χ0n) is 21.3. The summed E-state index contributed by atoms with van der Waals surface area (Å²) in [5.74, 6) is -1.15. The number of barbiturate groups is 1. The first kappa shape index (κ1) is 23.2. The summed E-state index contributed by atoms with van der Waals surface area (Å²) in [6.07, 6.45) is 1.64. The fourth-order valence-corrected chi connectivity index (χ4v) is 8.10. The quantitative estimate of drug-likeness (QED) is 0.281. The van der Waals surface area contributed by atoms with E-state index in [1.165, 1.54) is 46.4 Å². The van der Waals surface area contributed by atoms with Crippen LogP contribution in [0.1, 0.15) is 59.0 Å². The summed E-state index contributed by atoms with van der Waals surface area (Å²) >= 11 is 3.42. The minimum Gasteiger partial charge on any atom is -0.300 e. The number of nitrogens with zero attached hydrogens (tertiary/aromatic N) is 3. The van der Waals surface area contributed by atoms with Crippen LogP contribution in [0.25, 0.3) is 6.08 Å². The lowest BCUT2D eigenvalue weighted by Gasteiger charge is -2.47. The molecule has 0 bridgehead atoms. The lowest BCUT2D eigenvalue weighted by molar-refractivity contribution is -0.134. The third-order valence-corrected chi connectivity index (χ3v) is 10.2. The molecule has 0 unspecified atom stereocenters. The Kier molecular flexibility index (Phi) is 4.62. The monoisotopic (exact) mass is 517 g/mol. The highest BCUT2D eigenvalue weighted by Gasteiger charge is 2.47. The molecule has 6 rings (SSSR count). The van der Waals surface area contributed by atoms with Crippen LogP contribution in [0.4, 0.5) is 21.2 Å². The molecule has 1 saturated heterocycles. The molecule has 1 aromatic carbocycles. The lowest BCUT2D eigenvalue weighted by atomic mass is 9.69. The minimum absolute atomic E-state index is 0.000973. The number of hydrogen-bond donors (Lipinski definition) is 0. The molecule has 1 fully saturated rings. The molecule has 0 aliphatic carbocycles. The largest absolute Gasteiger partial charge is 0.333 e. The van der Waals surface area contributed by atoms with Gasteiger partial charge in [-0.3, -0.25) is 24.3 Å². The molecule has 6 nitrogen and oxygen atoms in total. The summed E-state index contributed by atoms with van der Waals surface area (Å²) in [6, 6.07) is 10.4.